The van der Waals surface area contributed by atoms with Gasteiger partial charge in [0.2, 0.25) is 0 Å². The lowest BCUT2D eigenvalue weighted by atomic mass is 10.2. The first kappa shape index (κ1) is 11.2. The van der Waals surface area contributed by atoms with Crippen LogP contribution in [-0.2, 0) is 4.79 Å². The van der Waals surface area contributed by atoms with E-state index in [1.165, 1.54) is 11.8 Å². The van der Waals surface area contributed by atoms with Crippen molar-refractivity contribution < 1.29 is 9.21 Å². The molecule has 16 heavy (non-hydrogen) atoms. The molecular weight excluding hydrogens is 222 g/mol. The van der Waals surface area contributed by atoms with Crippen molar-refractivity contribution in [3.63, 3.8) is 0 Å². The lowest BCUT2D eigenvalue weighted by molar-refractivity contribution is -0.118. The number of rotatable bonds is 4. The van der Waals surface area contributed by atoms with E-state index in [1.54, 1.807) is 0 Å². The minimum Gasteiger partial charge on any atom is -0.431 e. The summed E-state index contributed by atoms with van der Waals surface area (Å²) in [6.07, 6.45) is 0.550. The zero-order valence-electron chi connectivity index (χ0n) is 9.27. The SMILES string of the molecule is CCC(=O)C(C)Sc1nc2ccccc2o1. The number of carbonyl (C=O) groups excluding carboxylic acids is 1. The molecule has 2 rings (SSSR count). The van der Waals surface area contributed by atoms with Gasteiger partial charge in [-0.05, 0) is 19.1 Å². The molecule has 1 atom stereocenters. The fourth-order valence-electron chi connectivity index (χ4n) is 1.41. The van der Waals surface area contributed by atoms with Crippen LogP contribution < -0.4 is 0 Å². The van der Waals surface area contributed by atoms with Crippen LogP contribution in [0, 0.1) is 0 Å². The van der Waals surface area contributed by atoms with E-state index < -0.39 is 0 Å². The first-order chi connectivity index (χ1) is 7.70. The average molecular weight is 235 g/mol. The third-order valence-electron chi connectivity index (χ3n) is 2.35. The number of para-hydroxylation sites is 2. The Balaban J connectivity index is 2.18. The van der Waals surface area contributed by atoms with Gasteiger partial charge in [-0.2, -0.15) is 0 Å². The van der Waals surface area contributed by atoms with Gasteiger partial charge in [-0.1, -0.05) is 30.8 Å². The minimum atomic E-state index is -0.0990. The zero-order valence-corrected chi connectivity index (χ0v) is 10.1. The number of benzene rings is 1. The van der Waals surface area contributed by atoms with Crippen molar-refractivity contribution in [3.05, 3.63) is 24.3 Å². The van der Waals surface area contributed by atoms with Crippen molar-refractivity contribution in [2.24, 2.45) is 0 Å². The number of fused-ring (bicyclic) bond motifs is 1. The summed E-state index contributed by atoms with van der Waals surface area (Å²) in [5, 5.41) is 0.466. The van der Waals surface area contributed by atoms with Crippen LogP contribution in [0.2, 0.25) is 0 Å². The highest BCUT2D eigenvalue weighted by atomic mass is 32.2. The quantitative estimate of drug-likeness (QED) is 0.763. The smallest absolute Gasteiger partial charge is 0.257 e. The maximum atomic E-state index is 11.4. The highest BCUT2D eigenvalue weighted by molar-refractivity contribution is 8.00. The number of nitrogens with zero attached hydrogens (tertiary/aromatic N) is 1. The molecule has 0 radical (unpaired) electrons. The van der Waals surface area contributed by atoms with E-state index in [2.05, 4.69) is 4.98 Å². The number of ketones is 1. The maximum Gasteiger partial charge on any atom is 0.257 e. The van der Waals surface area contributed by atoms with Crippen LogP contribution in [0.5, 0.6) is 0 Å². The maximum absolute atomic E-state index is 11.4. The molecule has 0 aliphatic carbocycles. The van der Waals surface area contributed by atoms with Gasteiger partial charge in [-0.3, -0.25) is 4.79 Å². The molecule has 1 heterocycles. The van der Waals surface area contributed by atoms with Crippen LogP contribution in [-0.4, -0.2) is 16.0 Å². The van der Waals surface area contributed by atoms with Crippen molar-refractivity contribution >= 4 is 28.6 Å². The Bertz CT molecular complexity index is 473. The van der Waals surface area contributed by atoms with Gasteiger partial charge in [-0.25, -0.2) is 4.98 Å². The van der Waals surface area contributed by atoms with Crippen LogP contribution in [0.4, 0.5) is 0 Å². The Morgan fingerprint density at radius 2 is 2.25 bits per heavy atom. The third kappa shape index (κ3) is 2.27. The highest BCUT2D eigenvalue weighted by Gasteiger charge is 2.15. The number of hydrogen-bond acceptors (Lipinski definition) is 4. The van der Waals surface area contributed by atoms with E-state index in [-0.39, 0.29) is 11.0 Å². The lowest BCUT2D eigenvalue weighted by Crippen LogP contribution is -2.11. The summed E-state index contributed by atoms with van der Waals surface area (Å²) in [6, 6.07) is 7.59. The first-order valence-corrected chi connectivity index (χ1v) is 6.13. The summed E-state index contributed by atoms with van der Waals surface area (Å²) in [7, 11) is 0. The molecular formula is C12H13NO2S. The predicted molar refractivity (Wildman–Crippen MR) is 64.6 cm³/mol. The number of thioether (sulfide) groups is 1. The first-order valence-electron chi connectivity index (χ1n) is 5.25. The Morgan fingerprint density at radius 3 is 2.94 bits per heavy atom. The molecule has 0 aliphatic rings. The van der Waals surface area contributed by atoms with Crippen molar-refractivity contribution in [1.82, 2.24) is 4.98 Å². The third-order valence-corrected chi connectivity index (χ3v) is 3.35. The van der Waals surface area contributed by atoms with Gasteiger partial charge in [0.1, 0.15) is 11.3 Å². The van der Waals surface area contributed by atoms with Gasteiger partial charge < -0.3 is 4.42 Å². The molecule has 0 amide bonds. The second-order valence-electron chi connectivity index (χ2n) is 3.53. The second-order valence-corrected chi connectivity index (χ2v) is 4.82. The number of carbonyl (C=O) groups is 1. The fourth-order valence-corrected chi connectivity index (χ4v) is 2.30. The zero-order chi connectivity index (χ0) is 11.5. The summed E-state index contributed by atoms with van der Waals surface area (Å²) >= 11 is 1.37. The van der Waals surface area contributed by atoms with Gasteiger partial charge >= 0.3 is 0 Å². The summed E-state index contributed by atoms with van der Waals surface area (Å²) < 4.78 is 5.53. The second kappa shape index (κ2) is 4.70. The van der Waals surface area contributed by atoms with Crippen LogP contribution >= 0.6 is 11.8 Å². The molecule has 0 aliphatic heterocycles. The van der Waals surface area contributed by atoms with Crippen molar-refractivity contribution in [1.29, 1.82) is 0 Å². The molecule has 0 saturated heterocycles. The van der Waals surface area contributed by atoms with Crippen LogP contribution in [0.3, 0.4) is 0 Å². The molecule has 4 heteroatoms. The Labute approximate surface area is 98.2 Å². The van der Waals surface area contributed by atoms with Crippen LogP contribution in [0.15, 0.2) is 33.9 Å². The molecule has 1 unspecified atom stereocenters. The molecule has 0 fully saturated rings. The predicted octanol–water partition coefficient (Wildman–Crippen LogP) is 3.29. The largest absolute Gasteiger partial charge is 0.431 e. The number of oxazole rings is 1. The number of aromatic nitrogens is 1. The van der Waals surface area contributed by atoms with Gasteiger partial charge in [0.05, 0.1) is 5.25 Å². The average Bonchev–Trinajstić information content (AvgIpc) is 2.69. The Kier molecular flexibility index (Phi) is 3.29. The van der Waals surface area contributed by atoms with Crippen molar-refractivity contribution in [2.45, 2.75) is 30.7 Å². The Morgan fingerprint density at radius 1 is 1.50 bits per heavy atom. The Hall–Kier alpha value is -1.29. The van der Waals surface area contributed by atoms with E-state index in [0.717, 1.165) is 11.1 Å². The molecule has 1 aromatic heterocycles. The molecule has 3 nitrogen and oxygen atoms in total. The van der Waals surface area contributed by atoms with E-state index >= 15 is 0 Å². The summed E-state index contributed by atoms with van der Waals surface area (Å²) in [6.45, 7) is 3.75. The standard InChI is InChI=1S/C12H13NO2S/c1-3-10(14)8(2)16-12-13-9-6-4-5-7-11(9)15-12/h4-8H,3H2,1-2H3. The minimum absolute atomic E-state index is 0.0990. The topological polar surface area (TPSA) is 43.1 Å². The van der Waals surface area contributed by atoms with E-state index in [1.807, 2.05) is 38.1 Å². The molecule has 2 aromatic rings. The van der Waals surface area contributed by atoms with E-state index in [4.69, 9.17) is 4.42 Å². The van der Waals surface area contributed by atoms with Gasteiger partial charge in [-0.15, -0.1) is 0 Å². The monoisotopic (exact) mass is 235 g/mol. The molecule has 0 spiro atoms. The van der Waals surface area contributed by atoms with Gasteiger partial charge in [0.25, 0.3) is 5.22 Å². The van der Waals surface area contributed by atoms with Crippen LogP contribution in [0.1, 0.15) is 20.3 Å². The number of Topliss-reactive ketones (excluding diaryl/α,β-unsaturated/α-hetero) is 1. The van der Waals surface area contributed by atoms with Gasteiger partial charge in [0.15, 0.2) is 5.58 Å². The van der Waals surface area contributed by atoms with Crippen molar-refractivity contribution in [3.8, 4) is 0 Å². The van der Waals surface area contributed by atoms with Crippen molar-refractivity contribution in [2.75, 3.05) is 0 Å². The molecule has 0 N–H and O–H groups in total. The molecule has 1 aromatic carbocycles. The van der Waals surface area contributed by atoms with Crippen LogP contribution in [0.25, 0.3) is 11.1 Å². The summed E-state index contributed by atoms with van der Waals surface area (Å²) in [4.78, 5) is 15.8. The summed E-state index contributed by atoms with van der Waals surface area (Å²) in [5.41, 5.74) is 1.60. The van der Waals surface area contributed by atoms with E-state index in [9.17, 15) is 4.79 Å². The van der Waals surface area contributed by atoms with E-state index in [0.29, 0.717) is 11.6 Å². The normalized spacial score (nSPS) is 12.9. The van der Waals surface area contributed by atoms with Gasteiger partial charge in [0, 0.05) is 6.42 Å². The fraction of sp³-hybridized carbons (Fsp3) is 0.333. The lowest BCUT2D eigenvalue weighted by Gasteiger charge is -2.03. The number of hydrogen-bond donors (Lipinski definition) is 0. The molecule has 0 saturated carbocycles. The molecule has 0 bridgehead atoms. The molecule has 84 valence electrons. The summed E-state index contributed by atoms with van der Waals surface area (Å²) in [5.74, 6) is 0.215. The highest BCUT2D eigenvalue weighted by Crippen LogP contribution is 2.27.